The van der Waals surface area contributed by atoms with Crippen LogP contribution in [0.2, 0.25) is 5.02 Å². The summed E-state index contributed by atoms with van der Waals surface area (Å²) in [7, 11) is 0. The quantitative estimate of drug-likeness (QED) is 0.769. The normalized spacial score (nSPS) is 12.0. The molecular formula is C19H19ClN4O. The molecule has 1 amide bonds. The molecule has 6 heteroatoms. The van der Waals surface area contributed by atoms with Crippen molar-refractivity contribution in [2.45, 2.75) is 26.8 Å². The third-order valence-corrected chi connectivity index (χ3v) is 4.68. The number of carbonyl (C=O) groups excluding carboxylic acids is 1. The van der Waals surface area contributed by atoms with Gasteiger partial charge in [-0.05, 0) is 62.7 Å². The Morgan fingerprint density at radius 3 is 2.32 bits per heavy atom. The van der Waals surface area contributed by atoms with Gasteiger partial charge >= 0.3 is 0 Å². The van der Waals surface area contributed by atoms with E-state index in [-0.39, 0.29) is 11.9 Å². The first-order valence-electron chi connectivity index (χ1n) is 8.00. The molecule has 0 saturated heterocycles. The minimum atomic E-state index is -0.123. The van der Waals surface area contributed by atoms with E-state index in [1.165, 1.54) is 0 Å². The van der Waals surface area contributed by atoms with E-state index in [1.807, 2.05) is 45.0 Å². The number of pyridine rings is 1. The summed E-state index contributed by atoms with van der Waals surface area (Å²) in [5.74, 6) is -0.123. The standard InChI is InChI=1S/C19H19ClN4O/c1-12(15-8-10-21-11-9-15)22-19(25)16-4-6-17(7-5-16)24-14(3)18(20)13(2)23-24/h4-12H,1-3H3,(H,22,25). The largest absolute Gasteiger partial charge is 0.346 e. The number of aromatic nitrogens is 3. The number of nitrogens with one attached hydrogen (secondary N) is 1. The second kappa shape index (κ2) is 7.07. The van der Waals surface area contributed by atoms with E-state index in [4.69, 9.17) is 11.6 Å². The molecule has 1 atom stereocenters. The summed E-state index contributed by atoms with van der Waals surface area (Å²) in [5, 5.41) is 8.07. The van der Waals surface area contributed by atoms with Gasteiger partial charge in [-0.3, -0.25) is 9.78 Å². The first kappa shape index (κ1) is 17.2. The minimum Gasteiger partial charge on any atom is -0.346 e. The fraction of sp³-hybridized carbons (Fsp3) is 0.211. The van der Waals surface area contributed by atoms with Crippen molar-refractivity contribution in [3.63, 3.8) is 0 Å². The molecule has 1 unspecified atom stereocenters. The van der Waals surface area contributed by atoms with Gasteiger partial charge in [0.25, 0.3) is 5.91 Å². The molecule has 0 saturated carbocycles. The van der Waals surface area contributed by atoms with Gasteiger partial charge in [-0.2, -0.15) is 5.10 Å². The Morgan fingerprint density at radius 2 is 1.76 bits per heavy atom. The zero-order valence-corrected chi connectivity index (χ0v) is 15.1. The van der Waals surface area contributed by atoms with Crippen molar-refractivity contribution in [2.75, 3.05) is 0 Å². The third-order valence-electron chi connectivity index (χ3n) is 4.13. The molecule has 0 fully saturated rings. The summed E-state index contributed by atoms with van der Waals surface area (Å²) in [6.45, 7) is 5.73. The molecule has 0 radical (unpaired) electrons. The monoisotopic (exact) mass is 354 g/mol. The molecule has 1 N–H and O–H groups in total. The van der Waals surface area contributed by atoms with Gasteiger partial charge in [0.2, 0.25) is 0 Å². The van der Waals surface area contributed by atoms with Crippen molar-refractivity contribution < 1.29 is 4.79 Å². The molecule has 2 heterocycles. The van der Waals surface area contributed by atoms with Crippen molar-refractivity contribution in [1.29, 1.82) is 0 Å². The highest BCUT2D eigenvalue weighted by Gasteiger charge is 2.13. The molecule has 3 rings (SSSR count). The maximum Gasteiger partial charge on any atom is 0.251 e. The number of halogens is 1. The van der Waals surface area contributed by atoms with Crippen LogP contribution >= 0.6 is 11.6 Å². The van der Waals surface area contributed by atoms with Crippen molar-refractivity contribution in [1.82, 2.24) is 20.1 Å². The molecule has 0 aliphatic heterocycles. The van der Waals surface area contributed by atoms with Crippen LogP contribution in [0.3, 0.4) is 0 Å². The molecule has 3 aromatic rings. The van der Waals surface area contributed by atoms with Gasteiger partial charge in [0, 0.05) is 18.0 Å². The molecule has 25 heavy (non-hydrogen) atoms. The second-order valence-corrected chi connectivity index (χ2v) is 6.30. The number of aryl methyl sites for hydroxylation is 1. The number of nitrogens with zero attached hydrogens (tertiary/aromatic N) is 3. The Morgan fingerprint density at radius 1 is 1.12 bits per heavy atom. The van der Waals surface area contributed by atoms with Gasteiger partial charge < -0.3 is 5.32 Å². The Balaban J connectivity index is 1.76. The van der Waals surface area contributed by atoms with E-state index in [0.717, 1.165) is 22.6 Å². The lowest BCUT2D eigenvalue weighted by Crippen LogP contribution is -2.26. The number of amides is 1. The van der Waals surface area contributed by atoms with Crippen LogP contribution < -0.4 is 5.32 Å². The Labute approximate surface area is 151 Å². The fourth-order valence-electron chi connectivity index (χ4n) is 2.64. The molecule has 0 aliphatic rings. The first-order valence-corrected chi connectivity index (χ1v) is 8.38. The summed E-state index contributed by atoms with van der Waals surface area (Å²) in [5.41, 5.74) is 4.13. The lowest BCUT2D eigenvalue weighted by atomic mass is 10.1. The molecule has 128 valence electrons. The van der Waals surface area contributed by atoms with E-state index >= 15 is 0 Å². The van der Waals surface area contributed by atoms with Gasteiger partial charge in [-0.15, -0.1) is 0 Å². The topological polar surface area (TPSA) is 59.8 Å². The van der Waals surface area contributed by atoms with E-state index in [1.54, 1.807) is 29.2 Å². The molecule has 0 bridgehead atoms. The number of carbonyl (C=O) groups is 1. The zero-order chi connectivity index (χ0) is 18.0. The predicted octanol–water partition coefficient (Wildman–Crippen LogP) is 4.03. The number of hydrogen-bond acceptors (Lipinski definition) is 3. The van der Waals surface area contributed by atoms with Crippen LogP contribution in [0.1, 0.15) is 40.3 Å². The zero-order valence-electron chi connectivity index (χ0n) is 14.3. The van der Waals surface area contributed by atoms with Crippen molar-refractivity contribution in [3.8, 4) is 5.69 Å². The first-order chi connectivity index (χ1) is 12.0. The van der Waals surface area contributed by atoms with E-state index in [2.05, 4.69) is 15.4 Å². The number of rotatable bonds is 4. The van der Waals surface area contributed by atoms with Crippen molar-refractivity contribution >= 4 is 17.5 Å². The Bertz CT molecular complexity index is 888. The van der Waals surface area contributed by atoms with Crippen LogP contribution in [-0.2, 0) is 0 Å². The highest BCUT2D eigenvalue weighted by Crippen LogP contribution is 2.22. The maximum absolute atomic E-state index is 12.4. The second-order valence-electron chi connectivity index (χ2n) is 5.92. The molecule has 2 aromatic heterocycles. The van der Waals surface area contributed by atoms with Gasteiger partial charge in [-0.25, -0.2) is 4.68 Å². The molecule has 0 aliphatic carbocycles. The highest BCUT2D eigenvalue weighted by molar-refractivity contribution is 6.31. The van der Waals surface area contributed by atoms with E-state index in [0.29, 0.717) is 10.6 Å². The summed E-state index contributed by atoms with van der Waals surface area (Å²) < 4.78 is 1.78. The minimum absolute atomic E-state index is 0.0926. The van der Waals surface area contributed by atoms with Crippen molar-refractivity contribution in [2.24, 2.45) is 0 Å². The Hall–Kier alpha value is -2.66. The van der Waals surface area contributed by atoms with Crippen LogP contribution in [0.5, 0.6) is 0 Å². The average Bonchev–Trinajstić information content (AvgIpc) is 2.90. The molecule has 1 aromatic carbocycles. The van der Waals surface area contributed by atoms with E-state index < -0.39 is 0 Å². The molecular weight excluding hydrogens is 336 g/mol. The summed E-state index contributed by atoms with van der Waals surface area (Å²) in [4.78, 5) is 16.4. The van der Waals surface area contributed by atoms with Crippen LogP contribution in [0.4, 0.5) is 0 Å². The smallest absolute Gasteiger partial charge is 0.251 e. The average molecular weight is 355 g/mol. The van der Waals surface area contributed by atoms with Crippen LogP contribution in [0.25, 0.3) is 5.69 Å². The van der Waals surface area contributed by atoms with E-state index in [9.17, 15) is 4.79 Å². The fourth-order valence-corrected chi connectivity index (χ4v) is 2.76. The SMILES string of the molecule is Cc1nn(-c2ccc(C(=O)NC(C)c3ccncc3)cc2)c(C)c1Cl. The molecule has 0 spiro atoms. The highest BCUT2D eigenvalue weighted by atomic mass is 35.5. The van der Waals surface area contributed by atoms with Gasteiger partial charge in [-0.1, -0.05) is 11.6 Å². The van der Waals surface area contributed by atoms with Gasteiger partial charge in [0.05, 0.1) is 28.1 Å². The predicted molar refractivity (Wildman–Crippen MR) is 98.2 cm³/mol. The van der Waals surface area contributed by atoms with Crippen LogP contribution in [-0.4, -0.2) is 20.7 Å². The summed E-state index contributed by atoms with van der Waals surface area (Å²) in [6.07, 6.45) is 3.43. The Kier molecular flexibility index (Phi) is 4.86. The van der Waals surface area contributed by atoms with Gasteiger partial charge in [0.1, 0.15) is 0 Å². The lowest BCUT2D eigenvalue weighted by molar-refractivity contribution is 0.0940. The molecule has 5 nitrogen and oxygen atoms in total. The lowest BCUT2D eigenvalue weighted by Gasteiger charge is -2.14. The van der Waals surface area contributed by atoms with Crippen LogP contribution in [0, 0.1) is 13.8 Å². The van der Waals surface area contributed by atoms with Crippen molar-refractivity contribution in [3.05, 3.63) is 76.3 Å². The summed E-state index contributed by atoms with van der Waals surface area (Å²) in [6, 6.07) is 11.0. The maximum atomic E-state index is 12.4. The number of benzene rings is 1. The van der Waals surface area contributed by atoms with Gasteiger partial charge in [0.15, 0.2) is 0 Å². The third kappa shape index (κ3) is 3.56. The summed E-state index contributed by atoms with van der Waals surface area (Å²) >= 11 is 6.19. The van der Waals surface area contributed by atoms with Crippen LogP contribution in [0.15, 0.2) is 48.8 Å². The number of hydrogen-bond donors (Lipinski definition) is 1.